The van der Waals surface area contributed by atoms with Gasteiger partial charge in [-0.25, -0.2) is 0 Å². The minimum Gasteiger partial charge on any atom is -0.494 e. The lowest BCUT2D eigenvalue weighted by Gasteiger charge is -2.59. The maximum atomic E-state index is 13.6. The number of rotatable bonds is 3. The molecule has 0 bridgehead atoms. The Labute approximate surface area is 182 Å². The lowest BCUT2D eigenvalue weighted by atomic mass is 9.45. The Morgan fingerprint density at radius 3 is 2.57 bits per heavy atom. The van der Waals surface area contributed by atoms with Gasteiger partial charge in [0.25, 0.3) is 0 Å². The second-order valence-corrected chi connectivity index (χ2v) is 11.1. The molecule has 0 saturated heterocycles. The van der Waals surface area contributed by atoms with Gasteiger partial charge in [0.05, 0.1) is 6.61 Å². The van der Waals surface area contributed by atoms with Crippen molar-refractivity contribution in [2.45, 2.75) is 78.6 Å². The first kappa shape index (κ1) is 20.3. The van der Waals surface area contributed by atoms with E-state index >= 15 is 0 Å². The van der Waals surface area contributed by atoms with Gasteiger partial charge in [-0.2, -0.15) is 0 Å². The molecule has 0 aliphatic heterocycles. The predicted molar refractivity (Wildman–Crippen MR) is 122 cm³/mol. The summed E-state index contributed by atoms with van der Waals surface area (Å²) in [6.45, 7) is 7.60. The lowest BCUT2D eigenvalue weighted by molar-refractivity contribution is -0.137. The number of ketones is 1. The van der Waals surface area contributed by atoms with Crippen LogP contribution in [0.4, 0.5) is 0 Å². The second kappa shape index (κ2) is 7.53. The van der Waals surface area contributed by atoms with E-state index in [4.69, 9.17) is 4.74 Å². The van der Waals surface area contributed by atoms with Gasteiger partial charge in [0, 0.05) is 5.41 Å². The zero-order valence-corrected chi connectivity index (χ0v) is 19.1. The van der Waals surface area contributed by atoms with Crippen LogP contribution in [0.15, 0.2) is 29.8 Å². The number of hydrogen-bond donors (Lipinski definition) is 0. The molecule has 4 saturated carbocycles. The fourth-order valence-electron chi connectivity index (χ4n) is 8.12. The van der Waals surface area contributed by atoms with E-state index in [1.54, 1.807) is 0 Å². The number of allylic oxidation sites excluding steroid dienone is 1. The second-order valence-electron chi connectivity index (χ2n) is 11.1. The first-order valence-corrected chi connectivity index (χ1v) is 12.4. The molecule has 0 heterocycles. The van der Waals surface area contributed by atoms with Crippen molar-refractivity contribution in [2.75, 3.05) is 6.61 Å². The quantitative estimate of drug-likeness (QED) is 0.501. The molecule has 1 aromatic carbocycles. The Morgan fingerprint density at radius 2 is 1.80 bits per heavy atom. The maximum absolute atomic E-state index is 13.6. The van der Waals surface area contributed by atoms with Gasteiger partial charge in [-0.1, -0.05) is 38.8 Å². The first-order chi connectivity index (χ1) is 14.5. The average Bonchev–Trinajstić information content (AvgIpc) is 3.00. The monoisotopic (exact) mass is 406 g/mol. The largest absolute Gasteiger partial charge is 0.494 e. The molecule has 4 aliphatic carbocycles. The number of ether oxygens (including phenoxy) is 1. The molecule has 162 valence electrons. The molecule has 0 unspecified atom stereocenters. The van der Waals surface area contributed by atoms with Gasteiger partial charge >= 0.3 is 0 Å². The Hall–Kier alpha value is -1.57. The summed E-state index contributed by atoms with van der Waals surface area (Å²) in [6.07, 6.45) is 14.0. The highest BCUT2D eigenvalue weighted by molar-refractivity contribution is 6.05. The third kappa shape index (κ3) is 3.09. The minimum atomic E-state index is -0.129. The van der Waals surface area contributed by atoms with Crippen molar-refractivity contribution >= 4 is 11.9 Å². The standard InChI is InChI=1S/C28H38O2/c1-4-30-22-11-8-19(9-12-22)17-20-18-25-23-13-10-21-7-5-6-15-27(21,2)24(23)14-16-28(25,3)26(20)29/h8-9,11-12,17,21,23-25H,4-7,10,13-16,18H2,1-3H3/b20-17-/t21-,23+,24-,25-,27+,28-/m1/s1. The molecule has 6 atom stereocenters. The van der Waals surface area contributed by atoms with Crippen LogP contribution in [0, 0.1) is 34.5 Å². The topological polar surface area (TPSA) is 26.3 Å². The van der Waals surface area contributed by atoms with E-state index in [0.29, 0.717) is 23.7 Å². The van der Waals surface area contributed by atoms with Crippen LogP contribution in [0.25, 0.3) is 6.08 Å². The molecule has 1 aromatic rings. The molecule has 0 amide bonds. The van der Waals surface area contributed by atoms with E-state index < -0.39 is 0 Å². The first-order valence-electron chi connectivity index (χ1n) is 12.4. The number of benzene rings is 1. The van der Waals surface area contributed by atoms with Crippen LogP contribution >= 0.6 is 0 Å². The molecule has 0 spiro atoms. The molecule has 4 fully saturated rings. The van der Waals surface area contributed by atoms with Crippen molar-refractivity contribution in [1.29, 1.82) is 0 Å². The van der Waals surface area contributed by atoms with Gasteiger partial charge in [0.2, 0.25) is 0 Å². The molecular weight excluding hydrogens is 368 g/mol. The highest BCUT2D eigenvalue weighted by Gasteiger charge is 2.60. The van der Waals surface area contributed by atoms with E-state index in [9.17, 15) is 4.79 Å². The minimum absolute atomic E-state index is 0.129. The normalized spacial score (nSPS) is 41.8. The Morgan fingerprint density at radius 1 is 1.00 bits per heavy atom. The van der Waals surface area contributed by atoms with Crippen molar-refractivity contribution in [1.82, 2.24) is 0 Å². The molecule has 0 radical (unpaired) electrons. The van der Waals surface area contributed by atoms with Crippen LogP contribution in [0.5, 0.6) is 5.75 Å². The summed E-state index contributed by atoms with van der Waals surface area (Å²) in [6, 6.07) is 8.22. The summed E-state index contributed by atoms with van der Waals surface area (Å²) in [7, 11) is 0. The van der Waals surface area contributed by atoms with E-state index in [2.05, 4.69) is 32.1 Å². The molecule has 0 aromatic heterocycles. The number of fused-ring (bicyclic) bond motifs is 5. The Balaban J connectivity index is 1.41. The number of Topliss-reactive ketones (excluding diaryl/α,β-unsaturated/α-hetero) is 1. The van der Waals surface area contributed by atoms with Crippen LogP contribution < -0.4 is 4.74 Å². The van der Waals surface area contributed by atoms with Crippen LogP contribution in [-0.4, -0.2) is 12.4 Å². The Kier molecular flexibility index (Phi) is 5.11. The number of carbonyl (C=O) groups is 1. The van der Waals surface area contributed by atoms with Crippen molar-refractivity contribution in [3.63, 3.8) is 0 Å². The van der Waals surface area contributed by atoms with E-state index in [1.165, 1.54) is 44.9 Å². The van der Waals surface area contributed by atoms with E-state index in [1.807, 2.05) is 19.1 Å². The molecule has 0 N–H and O–H groups in total. The summed E-state index contributed by atoms with van der Waals surface area (Å²) in [5, 5.41) is 0. The smallest absolute Gasteiger partial charge is 0.165 e. The van der Waals surface area contributed by atoms with Gasteiger partial charge in [-0.15, -0.1) is 0 Å². The molecule has 2 nitrogen and oxygen atoms in total. The number of hydrogen-bond acceptors (Lipinski definition) is 2. The van der Waals surface area contributed by atoms with Gasteiger partial charge in [0.1, 0.15) is 5.75 Å². The highest BCUT2D eigenvalue weighted by Crippen LogP contribution is 2.66. The summed E-state index contributed by atoms with van der Waals surface area (Å²) in [5.41, 5.74) is 2.61. The van der Waals surface area contributed by atoms with Gasteiger partial charge in [-0.05, 0) is 110 Å². The third-order valence-electron chi connectivity index (χ3n) is 9.76. The summed E-state index contributed by atoms with van der Waals surface area (Å²) >= 11 is 0. The summed E-state index contributed by atoms with van der Waals surface area (Å²) in [5.74, 6) is 4.42. The zero-order chi connectivity index (χ0) is 20.9. The molecule has 2 heteroatoms. The van der Waals surface area contributed by atoms with Crippen molar-refractivity contribution < 1.29 is 9.53 Å². The maximum Gasteiger partial charge on any atom is 0.165 e. The lowest BCUT2D eigenvalue weighted by Crippen LogP contribution is -2.52. The Bertz CT molecular complexity index is 837. The van der Waals surface area contributed by atoms with Crippen LogP contribution in [0.2, 0.25) is 0 Å². The van der Waals surface area contributed by atoms with Crippen LogP contribution in [0.1, 0.15) is 84.1 Å². The predicted octanol–water partition coefficient (Wildman–Crippen LogP) is 7.08. The van der Waals surface area contributed by atoms with Gasteiger partial charge in [0.15, 0.2) is 5.78 Å². The SMILES string of the molecule is CCOc1ccc(/C=C2/C[C@@H]3[C@H]4CC[C@H]5CCCC[C@]5(C)[C@@H]4CC[C@@]3(C)C2=O)cc1. The van der Waals surface area contributed by atoms with Crippen molar-refractivity contribution in [3.05, 3.63) is 35.4 Å². The average molecular weight is 407 g/mol. The molecule has 30 heavy (non-hydrogen) atoms. The van der Waals surface area contributed by atoms with E-state index in [-0.39, 0.29) is 5.41 Å². The summed E-state index contributed by atoms with van der Waals surface area (Å²) in [4.78, 5) is 13.6. The molecule has 5 rings (SSSR count). The van der Waals surface area contributed by atoms with Gasteiger partial charge in [-0.3, -0.25) is 4.79 Å². The zero-order valence-electron chi connectivity index (χ0n) is 19.1. The van der Waals surface area contributed by atoms with E-state index in [0.717, 1.165) is 47.5 Å². The molecular formula is C28H38O2. The van der Waals surface area contributed by atoms with Crippen molar-refractivity contribution in [3.8, 4) is 5.75 Å². The number of carbonyl (C=O) groups excluding carboxylic acids is 1. The van der Waals surface area contributed by atoms with Crippen LogP contribution in [0.3, 0.4) is 0 Å². The summed E-state index contributed by atoms with van der Waals surface area (Å²) < 4.78 is 5.57. The van der Waals surface area contributed by atoms with Gasteiger partial charge < -0.3 is 4.74 Å². The van der Waals surface area contributed by atoms with Crippen LogP contribution in [-0.2, 0) is 4.79 Å². The molecule has 4 aliphatic rings. The van der Waals surface area contributed by atoms with Crippen molar-refractivity contribution in [2.24, 2.45) is 34.5 Å². The fraction of sp³-hybridized carbons (Fsp3) is 0.679. The third-order valence-corrected chi connectivity index (χ3v) is 9.76. The fourth-order valence-corrected chi connectivity index (χ4v) is 8.12. The highest BCUT2D eigenvalue weighted by atomic mass is 16.5.